The van der Waals surface area contributed by atoms with Gasteiger partial charge in [0.05, 0.1) is 11.6 Å². The molecule has 2 aromatic rings. The van der Waals surface area contributed by atoms with Gasteiger partial charge in [-0.25, -0.2) is 0 Å². The molecule has 0 atom stereocenters. The summed E-state index contributed by atoms with van der Waals surface area (Å²) in [6.07, 6.45) is -4.38. The number of benzene rings is 1. The van der Waals surface area contributed by atoms with Crippen molar-refractivity contribution in [2.75, 3.05) is 19.8 Å². The largest absolute Gasteiger partial charge is 0.449 e. The third-order valence-electron chi connectivity index (χ3n) is 2.92. The highest BCUT2D eigenvalue weighted by atomic mass is 35.5. The van der Waals surface area contributed by atoms with Gasteiger partial charge in [-0.15, -0.1) is 0 Å². The smallest absolute Gasteiger partial charge is 0.411 e. The first-order valence-electron chi connectivity index (χ1n) is 6.40. The van der Waals surface area contributed by atoms with Gasteiger partial charge in [-0.3, -0.25) is 4.79 Å². The summed E-state index contributed by atoms with van der Waals surface area (Å²) < 4.78 is 45.5. The number of nitrogens with one attached hydrogen (secondary N) is 1. The van der Waals surface area contributed by atoms with Crippen molar-refractivity contribution in [1.82, 2.24) is 5.32 Å². The minimum absolute atomic E-state index is 0.0564. The number of rotatable bonds is 5. The van der Waals surface area contributed by atoms with Crippen LogP contribution in [-0.4, -0.2) is 31.8 Å². The van der Waals surface area contributed by atoms with Crippen LogP contribution in [0.2, 0.25) is 5.02 Å². The van der Waals surface area contributed by atoms with Crippen LogP contribution in [0.3, 0.4) is 0 Å². The van der Waals surface area contributed by atoms with Crippen molar-refractivity contribution in [3.8, 4) is 0 Å². The Labute approximate surface area is 129 Å². The molecular formula is C14H13ClF3NO3. The summed E-state index contributed by atoms with van der Waals surface area (Å²) in [6, 6.07) is 5.14. The number of halogens is 4. The van der Waals surface area contributed by atoms with Crippen LogP contribution in [0.1, 0.15) is 16.1 Å². The second-order valence-electron chi connectivity index (χ2n) is 4.60. The SMILES string of the molecule is Cc1c(C(=O)NCCOCC(F)(F)F)oc2c(Cl)cccc12. The molecule has 2 rings (SSSR count). The van der Waals surface area contributed by atoms with Gasteiger partial charge < -0.3 is 14.5 Å². The molecule has 120 valence electrons. The van der Waals surface area contributed by atoms with Gasteiger partial charge in [0.25, 0.3) is 5.91 Å². The molecule has 4 nitrogen and oxygen atoms in total. The van der Waals surface area contributed by atoms with Gasteiger partial charge in [-0.2, -0.15) is 13.2 Å². The Bertz CT molecular complexity index is 682. The van der Waals surface area contributed by atoms with E-state index in [2.05, 4.69) is 10.1 Å². The summed E-state index contributed by atoms with van der Waals surface area (Å²) >= 11 is 5.98. The highest BCUT2D eigenvalue weighted by Crippen LogP contribution is 2.30. The van der Waals surface area contributed by atoms with Gasteiger partial charge in [0.15, 0.2) is 11.3 Å². The Balaban J connectivity index is 1.96. The predicted octanol–water partition coefficient (Wildman–Crippen LogP) is 3.70. The summed E-state index contributed by atoms with van der Waals surface area (Å²) in [4.78, 5) is 12.0. The van der Waals surface area contributed by atoms with Crippen molar-refractivity contribution in [1.29, 1.82) is 0 Å². The highest BCUT2D eigenvalue weighted by Gasteiger charge is 2.27. The minimum Gasteiger partial charge on any atom is -0.449 e. The lowest BCUT2D eigenvalue weighted by atomic mass is 10.1. The van der Waals surface area contributed by atoms with Crippen LogP contribution in [-0.2, 0) is 4.74 Å². The Morgan fingerprint density at radius 2 is 2.14 bits per heavy atom. The number of para-hydroxylation sites is 1. The highest BCUT2D eigenvalue weighted by molar-refractivity contribution is 6.35. The molecule has 0 aliphatic heterocycles. The fraction of sp³-hybridized carbons (Fsp3) is 0.357. The normalized spacial score (nSPS) is 11.9. The molecule has 0 radical (unpaired) electrons. The van der Waals surface area contributed by atoms with Crippen molar-refractivity contribution in [2.45, 2.75) is 13.1 Å². The molecule has 0 saturated carbocycles. The zero-order valence-corrected chi connectivity index (χ0v) is 12.3. The number of hydrogen-bond acceptors (Lipinski definition) is 3. The van der Waals surface area contributed by atoms with Crippen LogP contribution in [0, 0.1) is 6.92 Å². The van der Waals surface area contributed by atoms with E-state index in [0.717, 1.165) is 0 Å². The molecule has 22 heavy (non-hydrogen) atoms. The zero-order chi connectivity index (χ0) is 16.3. The Hall–Kier alpha value is -1.73. The van der Waals surface area contributed by atoms with Gasteiger partial charge >= 0.3 is 6.18 Å². The van der Waals surface area contributed by atoms with Gasteiger partial charge in [0.2, 0.25) is 0 Å². The predicted molar refractivity (Wildman–Crippen MR) is 75.2 cm³/mol. The van der Waals surface area contributed by atoms with Crippen LogP contribution in [0.25, 0.3) is 11.0 Å². The van der Waals surface area contributed by atoms with E-state index in [0.29, 0.717) is 21.6 Å². The van der Waals surface area contributed by atoms with Crippen molar-refractivity contribution < 1.29 is 27.1 Å². The van der Waals surface area contributed by atoms with Gasteiger partial charge in [-0.1, -0.05) is 23.7 Å². The average molecular weight is 336 g/mol. The number of carbonyl (C=O) groups is 1. The quantitative estimate of drug-likeness (QED) is 0.848. The lowest BCUT2D eigenvalue weighted by molar-refractivity contribution is -0.173. The van der Waals surface area contributed by atoms with E-state index in [1.807, 2.05) is 0 Å². The maximum atomic E-state index is 12.0. The van der Waals surface area contributed by atoms with Gasteiger partial charge in [0.1, 0.15) is 6.61 Å². The number of amides is 1. The number of alkyl halides is 3. The van der Waals surface area contributed by atoms with E-state index in [-0.39, 0.29) is 18.9 Å². The molecule has 1 heterocycles. The van der Waals surface area contributed by atoms with Crippen molar-refractivity contribution in [3.05, 3.63) is 34.5 Å². The number of carbonyl (C=O) groups excluding carboxylic acids is 1. The molecule has 0 unspecified atom stereocenters. The topological polar surface area (TPSA) is 51.5 Å². The van der Waals surface area contributed by atoms with Gasteiger partial charge in [0, 0.05) is 17.5 Å². The van der Waals surface area contributed by atoms with Crippen molar-refractivity contribution >= 4 is 28.5 Å². The van der Waals surface area contributed by atoms with Crippen LogP contribution >= 0.6 is 11.6 Å². The Morgan fingerprint density at radius 1 is 1.41 bits per heavy atom. The first-order valence-corrected chi connectivity index (χ1v) is 6.77. The molecule has 0 saturated heterocycles. The second kappa shape index (κ2) is 6.58. The molecule has 1 aromatic heterocycles. The number of ether oxygens (including phenoxy) is 1. The molecular weight excluding hydrogens is 323 g/mol. The summed E-state index contributed by atoms with van der Waals surface area (Å²) in [5.74, 6) is -0.445. The minimum atomic E-state index is -4.38. The van der Waals surface area contributed by atoms with Crippen molar-refractivity contribution in [2.24, 2.45) is 0 Å². The van der Waals surface area contributed by atoms with Crippen molar-refractivity contribution in [3.63, 3.8) is 0 Å². The summed E-state index contributed by atoms with van der Waals surface area (Å²) in [5.41, 5.74) is 1.02. The van der Waals surface area contributed by atoms with E-state index in [1.165, 1.54) is 0 Å². The summed E-state index contributed by atoms with van der Waals surface area (Å²) in [5, 5.41) is 3.53. The monoisotopic (exact) mass is 335 g/mol. The molecule has 0 aliphatic rings. The number of fused-ring (bicyclic) bond motifs is 1. The first kappa shape index (κ1) is 16.6. The van der Waals surface area contributed by atoms with Crippen LogP contribution in [0.4, 0.5) is 13.2 Å². The van der Waals surface area contributed by atoms with E-state index < -0.39 is 18.7 Å². The van der Waals surface area contributed by atoms with Crippen LogP contribution in [0.15, 0.2) is 22.6 Å². The maximum Gasteiger partial charge on any atom is 0.411 e. The zero-order valence-electron chi connectivity index (χ0n) is 11.6. The van der Waals surface area contributed by atoms with E-state index in [1.54, 1.807) is 25.1 Å². The molecule has 1 N–H and O–H groups in total. The second-order valence-corrected chi connectivity index (χ2v) is 5.00. The fourth-order valence-corrected chi connectivity index (χ4v) is 2.14. The van der Waals surface area contributed by atoms with Crippen LogP contribution in [0.5, 0.6) is 0 Å². The number of furan rings is 1. The third kappa shape index (κ3) is 3.92. The molecule has 1 aromatic carbocycles. The maximum absolute atomic E-state index is 12.0. The Morgan fingerprint density at radius 3 is 2.77 bits per heavy atom. The fourth-order valence-electron chi connectivity index (χ4n) is 1.93. The summed E-state index contributed by atoms with van der Waals surface area (Å²) in [6.45, 7) is 0.0593. The number of hydrogen-bond donors (Lipinski definition) is 1. The molecule has 8 heteroatoms. The Kier molecular flexibility index (Phi) is 4.97. The van der Waals surface area contributed by atoms with E-state index in [9.17, 15) is 18.0 Å². The third-order valence-corrected chi connectivity index (χ3v) is 3.22. The molecule has 0 aliphatic carbocycles. The van der Waals surface area contributed by atoms with E-state index in [4.69, 9.17) is 16.0 Å². The first-order chi connectivity index (χ1) is 10.3. The lowest BCUT2D eigenvalue weighted by Gasteiger charge is -2.08. The lowest BCUT2D eigenvalue weighted by Crippen LogP contribution is -2.29. The average Bonchev–Trinajstić information content (AvgIpc) is 2.76. The van der Waals surface area contributed by atoms with Gasteiger partial charge in [-0.05, 0) is 13.0 Å². The van der Waals surface area contributed by atoms with Crippen LogP contribution < -0.4 is 5.32 Å². The molecule has 0 spiro atoms. The van der Waals surface area contributed by atoms with E-state index >= 15 is 0 Å². The molecule has 0 bridgehead atoms. The number of aryl methyl sites for hydroxylation is 1. The molecule has 1 amide bonds. The molecule has 0 fully saturated rings. The standard InChI is InChI=1S/C14H13ClF3NO3/c1-8-9-3-2-4-10(15)12(9)22-11(8)13(20)19-5-6-21-7-14(16,17)18/h2-4H,5-7H2,1H3,(H,19,20). The summed E-state index contributed by atoms with van der Waals surface area (Å²) in [7, 11) is 0.